The van der Waals surface area contributed by atoms with E-state index in [4.69, 9.17) is 4.99 Å². The highest BCUT2D eigenvalue weighted by molar-refractivity contribution is 14.0. The van der Waals surface area contributed by atoms with Gasteiger partial charge in [0.2, 0.25) is 5.91 Å². The molecule has 1 atom stereocenters. The fourth-order valence-corrected chi connectivity index (χ4v) is 3.68. The second kappa shape index (κ2) is 12.7. The highest BCUT2D eigenvalue weighted by atomic mass is 127. The molecule has 1 unspecified atom stereocenters. The number of halogens is 1. The third-order valence-corrected chi connectivity index (χ3v) is 5.36. The zero-order valence-electron chi connectivity index (χ0n) is 18.7. The third-order valence-electron chi connectivity index (χ3n) is 5.36. The van der Waals surface area contributed by atoms with Gasteiger partial charge in [-0.25, -0.2) is 4.99 Å². The number of carbonyl (C=O) groups excluding carboxylic acids is 1. The molecule has 2 aromatic rings. The van der Waals surface area contributed by atoms with Gasteiger partial charge in [0.05, 0.1) is 12.6 Å². The first-order chi connectivity index (χ1) is 14.6. The van der Waals surface area contributed by atoms with Gasteiger partial charge in [-0.3, -0.25) is 4.79 Å². The summed E-state index contributed by atoms with van der Waals surface area (Å²) in [5, 5.41) is 6.81. The van der Waals surface area contributed by atoms with Gasteiger partial charge in [-0.2, -0.15) is 0 Å². The molecular formula is C24H34IN5O. The molecule has 0 aliphatic carbocycles. The summed E-state index contributed by atoms with van der Waals surface area (Å²) in [5.74, 6) is 1.02. The number of guanidine groups is 1. The smallest absolute Gasteiger partial charge is 0.227 e. The number of aliphatic imine (C=N–C) groups is 1. The van der Waals surface area contributed by atoms with E-state index in [-0.39, 0.29) is 35.9 Å². The molecule has 0 bridgehead atoms. The van der Waals surface area contributed by atoms with Crippen LogP contribution < -0.4 is 15.5 Å². The summed E-state index contributed by atoms with van der Waals surface area (Å²) in [6, 6.07) is 18.9. The standard InChI is InChI=1S/C24H33N5O.HI/c1-4-25-24(27-18-22(28(2)3)20-9-6-5-7-10-20)26-17-19-12-14-21(15-13-19)29-16-8-11-23(29)30;/h5-7,9-10,12-15,22H,4,8,11,16-18H2,1-3H3,(H2,25,26,27);1H. The summed E-state index contributed by atoms with van der Waals surface area (Å²) >= 11 is 0. The Kier molecular flexibility index (Phi) is 10.3. The van der Waals surface area contributed by atoms with Crippen LogP contribution in [0.2, 0.25) is 0 Å². The van der Waals surface area contributed by atoms with Crippen molar-refractivity contribution >= 4 is 41.5 Å². The SMILES string of the molecule is CCNC(=NCc1ccc(N2CCCC2=O)cc1)NCC(c1ccccc1)N(C)C.I. The maximum absolute atomic E-state index is 11.9. The second-order valence-electron chi connectivity index (χ2n) is 7.78. The average molecular weight is 535 g/mol. The van der Waals surface area contributed by atoms with Gasteiger partial charge < -0.3 is 20.4 Å². The Balaban J connectivity index is 0.00000341. The van der Waals surface area contributed by atoms with Gasteiger partial charge in [0.1, 0.15) is 0 Å². The molecule has 0 spiro atoms. The maximum Gasteiger partial charge on any atom is 0.227 e. The first kappa shape index (κ1) is 25.1. The van der Waals surface area contributed by atoms with Crippen LogP contribution in [0.15, 0.2) is 59.6 Å². The molecule has 3 rings (SSSR count). The van der Waals surface area contributed by atoms with Gasteiger partial charge in [-0.1, -0.05) is 42.5 Å². The Morgan fingerprint density at radius 2 is 1.81 bits per heavy atom. The monoisotopic (exact) mass is 535 g/mol. The maximum atomic E-state index is 11.9. The van der Waals surface area contributed by atoms with Gasteiger partial charge in [0, 0.05) is 31.7 Å². The fraction of sp³-hybridized carbons (Fsp3) is 0.417. The predicted octanol–water partition coefficient (Wildman–Crippen LogP) is 3.79. The van der Waals surface area contributed by atoms with Crippen LogP contribution in [-0.4, -0.2) is 50.5 Å². The Labute approximate surface area is 203 Å². The third kappa shape index (κ3) is 7.21. The molecule has 168 valence electrons. The van der Waals surface area contributed by atoms with Crippen molar-refractivity contribution < 1.29 is 4.79 Å². The normalized spacial score (nSPS) is 15.0. The molecule has 6 nitrogen and oxygen atoms in total. The van der Waals surface area contributed by atoms with Crippen molar-refractivity contribution in [2.24, 2.45) is 4.99 Å². The highest BCUT2D eigenvalue weighted by Gasteiger charge is 2.21. The first-order valence-corrected chi connectivity index (χ1v) is 10.7. The van der Waals surface area contributed by atoms with Crippen LogP contribution in [0.1, 0.15) is 36.9 Å². The lowest BCUT2D eigenvalue weighted by atomic mass is 10.1. The number of hydrogen-bond acceptors (Lipinski definition) is 3. The summed E-state index contributed by atoms with van der Waals surface area (Å²) in [4.78, 5) is 20.7. The van der Waals surface area contributed by atoms with Gasteiger partial charge in [-0.05, 0) is 50.7 Å². The van der Waals surface area contributed by atoms with Crippen LogP contribution in [0, 0.1) is 0 Å². The van der Waals surface area contributed by atoms with Crippen molar-refractivity contribution in [1.29, 1.82) is 0 Å². The molecular weight excluding hydrogens is 501 g/mol. The molecule has 1 saturated heterocycles. The number of nitrogens with zero attached hydrogens (tertiary/aromatic N) is 3. The van der Waals surface area contributed by atoms with Crippen molar-refractivity contribution in [3.63, 3.8) is 0 Å². The van der Waals surface area contributed by atoms with Gasteiger partial charge >= 0.3 is 0 Å². The summed E-state index contributed by atoms with van der Waals surface area (Å²) in [6.45, 7) is 5.04. The molecule has 7 heteroatoms. The molecule has 1 fully saturated rings. The Morgan fingerprint density at radius 1 is 1.10 bits per heavy atom. The topological polar surface area (TPSA) is 60.0 Å². The molecule has 31 heavy (non-hydrogen) atoms. The molecule has 0 radical (unpaired) electrons. The van der Waals surface area contributed by atoms with E-state index >= 15 is 0 Å². The van der Waals surface area contributed by atoms with Crippen LogP contribution in [0.4, 0.5) is 5.69 Å². The van der Waals surface area contributed by atoms with Crippen LogP contribution in [-0.2, 0) is 11.3 Å². The van der Waals surface area contributed by atoms with E-state index < -0.39 is 0 Å². The van der Waals surface area contributed by atoms with Crippen LogP contribution >= 0.6 is 24.0 Å². The van der Waals surface area contributed by atoms with E-state index in [9.17, 15) is 4.79 Å². The molecule has 1 aliphatic rings. The van der Waals surface area contributed by atoms with Crippen molar-refractivity contribution in [3.8, 4) is 0 Å². The van der Waals surface area contributed by atoms with Crippen LogP contribution in [0.25, 0.3) is 0 Å². The van der Waals surface area contributed by atoms with E-state index in [1.165, 1.54) is 5.56 Å². The zero-order chi connectivity index (χ0) is 21.3. The van der Waals surface area contributed by atoms with E-state index in [2.05, 4.69) is 73.0 Å². The summed E-state index contributed by atoms with van der Waals surface area (Å²) < 4.78 is 0. The van der Waals surface area contributed by atoms with Gasteiger partial charge in [-0.15, -0.1) is 24.0 Å². The molecule has 2 aromatic carbocycles. The lowest BCUT2D eigenvalue weighted by Crippen LogP contribution is -2.41. The number of amides is 1. The molecule has 0 saturated carbocycles. The Morgan fingerprint density at radius 3 is 2.39 bits per heavy atom. The number of hydrogen-bond donors (Lipinski definition) is 2. The number of likely N-dealkylation sites (N-methyl/N-ethyl adjacent to an activating group) is 1. The summed E-state index contributed by atoms with van der Waals surface area (Å²) in [7, 11) is 4.19. The number of anilines is 1. The minimum atomic E-state index is 0. The molecule has 1 aliphatic heterocycles. The lowest BCUT2D eigenvalue weighted by Gasteiger charge is -2.26. The van der Waals surface area contributed by atoms with Gasteiger partial charge in [0.15, 0.2) is 5.96 Å². The number of rotatable bonds is 8. The number of carbonyl (C=O) groups is 1. The second-order valence-corrected chi connectivity index (χ2v) is 7.78. The zero-order valence-corrected chi connectivity index (χ0v) is 21.0. The Hall–Kier alpha value is -2.13. The molecule has 1 amide bonds. The number of benzene rings is 2. The van der Waals surface area contributed by atoms with Crippen molar-refractivity contribution in [1.82, 2.24) is 15.5 Å². The van der Waals surface area contributed by atoms with Crippen molar-refractivity contribution in [2.45, 2.75) is 32.4 Å². The molecule has 0 aromatic heterocycles. The predicted molar refractivity (Wildman–Crippen MR) is 139 cm³/mol. The lowest BCUT2D eigenvalue weighted by molar-refractivity contribution is -0.117. The van der Waals surface area contributed by atoms with E-state index in [1.807, 2.05) is 23.1 Å². The number of nitrogens with one attached hydrogen (secondary N) is 2. The largest absolute Gasteiger partial charge is 0.357 e. The fourth-order valence-electron chi connectivity index (χ4n) is 3.68. The minimum absolute atomic E-state index is 0. The summed E-state index contributed by atoms with van der Waals surface area (Å²) in [5.41, 5.74) is 3.37. The van der Waals surface area contributed by atoms with Crippen LogP contribution in [0.5, 0.6) is 0 Å². The Bertz CT molecular complexity index is 839. The van der Waals surface area contributed by atoms with E-state index in [0.717, 1.165) is 43.3 Å². The van der Waals surface area contributed by atoms with Crippen LogP contribution in [0.3, 0.4) is 0 Å². The highest BCUT2D eigenvalue weighted by Crippen LogP contribution is 2.22. The summed E-state index contributed by atoms with van der Waals surface area (Å²) in [6.07, 6.45) is 1.60. The van der Waals surface area contributed by atoms with E-state index in [1.54, 1.807) is 0 Å². The van der Waals surface area contributed by atoms with Gasteiger partial charge in [0.25, 0.3) is 0 Å². The molecule has 2 N–H and O–H groups in total. The minimum Gasteiger partial charge on any atom is -0.357 e. The van der Waals surface area contributed by atoms with Crippen molar-refractivity contribution in [3.05, 3.63) is 65.7 Å². The quantitative estimate of drug-likeness (QED) is 0.307. The molecule has 1 heterocycles. The first-order valence-electron chi connectivity index (χ1n) is 10.7. The van der Waals surface area contributed by atoms with Crippen molar-refractivity contribution in [2.75, 3.05) is 38.6 Å². The van der Waals surface area contributed by atoms with E-state index in [0.29, 0.717) is 13.0 Å². The average Bonchev–Trinajstić information content (AvgIpc) is 3.19.